The second-order valence-corrected chi connectivity index (χ2v) is 5.36. The largest absolute Gasteiger partial charge is 0.490 e. The molecule has 0 saturated heterocycles. The number of nitrogens with two attached hydrogens (primary N) is 1. The zero-order valence-electron chi connectivity index (χ0n) is 13.9. The highest BCUT2D eigenvalue weighted by molar-refractivity contribution is 5.39. The monoisotopic (exact) mass is 294 g/mol. The van der Waals surface area contributed by atoms with Crippen molar-refractivity contribution in [3.8, 4) is 11.5 Å². The molecule has 4 heteroatoms. The summed E-state index contributed by atoms with van der Waals surface area (Å²) in [5.74, 6) is 1.61. The van der Waals surface area contributed by atoms with Crippen LogP contribution in [0, 0.1) is 0 Å². The Hall–Kier alpha value is -1.26. The highest BCUT2D eigenvalue weighted by Crippen LogP contribution is 2.26. The molecule has 0 spiro atoms. The minimum atomic E-state index is 0.0392. The van der Waals surface area contributed by atoms with Gasteiger partial charge in [0.25, 0.3) is 0 Å². The van der Waals surface area contributed by atoms with Gasteiger partial charge in [-0.25, -0.2) is 0 Å². The molecule has 0 fully saturated rings. The van der Waals surface area contributed by atoms with Crippen LogP contribution in [0.4, 0.5) is 0 Å². The van der Waals surface area contributed by atoms with Crippen LogP contribution in [0.3, 0.4) is 0 Å². The van der Waals surface area contributed by atoms with Gasteiger partial charge in [0, 0.05) is 18.6 Å². The summed E-state index contributed by atoms with van der Waals surface area (Å²) in [6.45, 7) is 12.3. The van der Waals surface area contributed by atoms with Gasteiger partial charge in [0.1, 0.15) is 6.61 Å². The van der Waals surface area contributed by atoms with Crippen molar-refractivity contribution in [2.75, 3.05) is 32.8 Å². The highest BCUT2D eigenvalue weighted by Gasteiger charge is 2.27. The van der Waals surface area contributed by atoms with Gasteiger partial charge in [-0.15, -0.1) is 0 Å². The molecule has 0 saturated carbocycles. The van der Waals surface area contributed by atoms with E-state index in [9.17, 15) is 0 Å². The molecule has 0 aromatic heterocycles. The molecule has 0 amide bonds. The normalized spacial score (nSPS) is 14.0. The molecule has 1 aromatic carbocycles. The maximum Gasteiger partial charge on any atom is 0.161 e. The van der Waals surface area contributed by atoms with E-state index in [0.717, 1.165) is 31.0 Å². The molecule has 0 heterocycles. The molecule has 1 atom stereocenters. The number of para-hydroxylation sites is 2. The van der Waals surface area contributed by atoms with Crippen molar-refractivity contribution >= 4 is 0 Å². The lowest BCUT2D eigenvalue weighted by molar-refractivity contribution is 0.0921. The van der Waals surface area contributed by atoms with Gasteiger partial charge in [0.15, 0.2) is 11.5 Å². The molecule has 0 aliphatic rings. The van der Waals surface area contributed by atoms with Crippen molar-refractivity contribution in [2.45, 2.75) is 39.7 Å². The fourth-order valence-electron chi connectivity index (χ4n) is 2.42. The van der Waals surface area contributed by atoms with Crippen LogP contribution in [0.5, 0.6) is 11.5 Å². The van der Waals surface area contributed by atoms with Crippen molar-refractivity contribution in [1.82, 2.24) is 4.90 Å². The Kier molecular flexibility index (Phi) is 7.54. The Morgan fingerprint density at radius 1 is 1.10 bits per heavy atom. The number of hydrogen-bond acceptors (Lipinski definition) is 4. The molecule has 0 bridgehead atoms. The van der Waals surface area contributed by atoms with E-state index in [2.05, 4.69) is 25.7 Å². The molecule has 1 rings (SSSR count). The molecule has 0 radical (unpaired) electrons. The van der Waals surface area contributed by atoms with Crippen molar-refractivity contribution in [3.05, 3.63) is 24.3 Å². The molecule has 1 aromatic rings. The Labute approximate surface area is 129 Å². The molecule has 1 unspecified atom stereocenters. The molecule has 4 nitrogen and oxygen atoms in total. The average molecular weight is 294 g/mol. The number of nitrogens with zero attached hydrogens (tertiary/aromatic N) is 1. The summed E-state index contributed by atoms with van der Waals surface area (Å²) >= 11 is 0. The molecule has 2 N–H and O–H groups in total. The van der Waals surface area contributed by atoms with Crippen LogP contribution < -0.4 is 15.2 Å². The first kappa shape index (κ1) is 17.8. The van der Waals surface area contributed by atoms with E-state index < -0.39 is 0 Å². The lowest BCUT2D eigenvalue weighted by atomic mass is 9.96. The van der Waals surface area contributed by atoms with Crippen LogP contribution in [0.15, 0.2) is 24.3 Å². The summed E-state index contributed by atoms with van der Waals surface area (Å²) in [5.41, 5.74) is 5.98. The summed E-state index contributed by atoms with van der Waals surface area (Å²) in [6.07, 6.45) is 1.03. The first-order chi connectivity index (χ1) is 10.1. The lowest BCUT2D eigenvalue weighted by Gasteiger charge is -2.39. The van der Waals surface area contributed by atoms with E-state index in [-0.39, 0.29) is 5.54 Å². The SMILES string of the molecule is CCOc1ccccc1OCCN(CC)C(C)(CC)CN. The summed E-state index contributed by atoms with van der Waals surface area (Å²) in [4.78, 5) is 2.39. The lowest BCUT2D eigenvalue weighted by Crippen LogP contribution is -2.52. The molecule has 21 heavy (non-hydrogen) atoms. The van der Waals surface area contributed by atoms with Crippen molar-refractivity contribution in [3.63, 3.8) is 0 Å². The summed E-state index contributed by atoms with van der Waals surface area (Å²) in [7, 11) is 0. The van der Waals surface area contributed by atoms with E-state index in [0.29, 0.717) is 19.8 Å². The van der Waals surface area contributed by atoms with Gasteiger partial charge in [-0.2, -0.15) is 0 Å². The predicted octanol–water partition coefficient (Wildman–Crippen LogP) is 2.91. The van der Waals surface area contributed by atoms with Gasteiger partial charge in [0.05, 0.1) is 6.61 Å². The van der Waals surface area contributed by atoms with Gasteiger partial charge in [-0.05, 0) is 38.9 Å². The maximum atomic E-state index is 5.94. The summed E-state index contributed by atoms with van der Waals surface area (Å²) in [6, 6.07) is 7.81. The number of likely N-dealkylation sites (N-methyl/N-ethyl adjacent to an activating group) is 1. The van der Waals surface area contributed by atoms with E-state index in [1.165, 1.54) is 0 Å². The van der Waals surface area contributed by atoms with Gasteiger partial charge < -0.3 is 15.2 Å². The Balaban J connectivity index is 2.59. The Morgan fingerprint density at radius 2 is 1.71 bits per heavy atom. The van der Waals surface area contributed by atoms with Crippen LogP contribution in [0.2, 0.25) is 0 Å². The highest BCUT2D eigenvalue weighted by atomic mass is 16.5. The number of hydrogen-bond donors (Lipinski definition) is 1. The van der Waals surface area contributed by atoms with Crippen molar-refractivity contribution < 1.29 is 9.47 Å². The second-order valence-electron chi connectivity index (χ2n) is 5.36. The average Bonchev–Trinajstić information content (AvgIpc) is 2.52. The van der Waals surface area contributed by atoms with Gasteiger partial charge >= 0.3 is 0 Å². The smallest absolute Gasteiger partial charge is 0.161 e. The van der Waals surface area contributed by atoms with E-state index in [1.54, 1.807) is 0 Å². The molecular weight excluding hydrogens is 264 g/mol. The summed E-state index contributed by atoms with van der Waals surface area (Å²) < 4.78 is 11.5. The van der Waals surface area contributed by atoms with Gasteiger partial charge in [0.2, 0.25) is 0 Å². The van der Waals surface area contributed by atoms with Crippen LogP contribution in [0.25, 0.3) is 0 Å². The van der Waals surface area contributed by atoms with E-state index in [4.69, 9.17) is 15.2 Å². The third-order valence-corrected chi connectivity index (χ3v) is 4.11. The van der Waals surface area contributed by atoms with Crippen LogP contribution >= 0.6 is 0 Å². The molecular formula is C17H30N2O2. The quantitative estimate of drug-likeness (QED) is 0.721. The number of ether oxygens (including phenoxy) is 2. The van der Waals surface area contributed by atoms with Crippen molar-refractivity contribution in [2.24, 2.45) is 5.73 Å². The van der Waals surface area contributed by atoms with Crippen molar-refractivity contribution in [1.29, 1.82) is 0 Å². The summed E-state index contributed by atoms with van der Waals surface area (Å²) in [5, 5.41) is 0. The van der Waals surface area contributed by atoms with Gasteiger partial charge in [-0.3, -0.25) is 4.90 Å². The van der Waals surface area contributed by atoms with Crippen LogP contribution in [-0.4, -0.2) is 43.3 Å². The third-order valence-electron chi connectivity index (χ3n) is 4.11. The first-order valence-electron chi connectivity index (χ1n) is 7.91. The fourth-order valence-corrected chi connectivity index (χ4v) is 2.42. The van der Waals surface area contributed by atoms with Crippen LogP contribution in [-0.2, 0) is 0 Å². The molecule has 120 valence electrons. The number of benzene rings is 1. The Bertz CT molecular complexity index is 406. The number of rotatable bonds is 10. The topological polar surface area (TPSA) is 47.7 Å². The molecule has 0 aliphatic heterocycles. The minimum absolute atomic E-state index is 0.0392. The minimum Gasteiger partial charge on any atom is -0.490 e. The molecule has 0 aliphatic carbocycles. The second kappa shape index (κ2) is 8.90. The zero-order valence-corrected chi connectivity index (χ0v) is 13.9. The maximum absolute atomic E-state index is 5.94. The van der Waals surface area contributed by atoms with E-state index in [1.807, 2.05) is 31.2 Å². The van der Waals surface area contributed by atoms with Gasteiger partial charge in [-0.1, -0.05) is 26.0 Å². The third kappa shape index (κ3) is 4.90. The predicted molar refractivity (Wildman–Crippen MR) is 88.1 cm³/mol. The first-order valence-corrected chi connectivity index (χ1v) is 7.91. The van der Waals surface area contributed by atoms with E-state index >= 15 is 0 Å². The standard InChI is InChI=1S/C17H30N2O2/c1-5-17(4,14-18)19(6-2)12-13-21-16-11-9-8-10-15(16)20-7-3/h8-11H,5-7,12-14,18H2,1-4H3. The fraction of sp³-hybridized carbons (Fsp3) is 0.647. The van der Waals surface area contributed by atoms with Crippen LogP contribution in [0.1, 0.15) is 34.1 Å². The zero-order chi connectivity index (χ0) is 15.7. The Morgan fingerprint density at radius 3 is 2.19 bits per heavy atom.